The van der Waals surface area contributed by atoms with Crippen LogP contribution in [0.5, 0.6) is 0 Å². The van der Waals surface area contributed by atoms with Gasteiger partial charge < -0.3 is 9.15 Å². The predicted octanol–water partition coefficient (Wildman–Crippen LogP) is 3.82. The molecule has 1 amide bonds. The number of carbonyl (C=O) groups excluding carboxylic acids is 2. The standard InChI is InChI=1S/C18H16N2O4S/c1-11-3-5-13(6-4-11)15-10-25-18(19-15)20-16(21)9-24-17(22)14-7-8-23-12(14)2/h3-8,10H,9H2,1-2H3,(H,19,20,21). The number of furan rings is 1. The molecule has 2 aromatic heterocycles. The first-order chi connectivity index (χ1) is 12.0. The van der Waals surface area contributed by atoms with Crippen LogP contribution in [0.1, 0.15) is 21.7 Å². The van der Waals surface area contributed by atoms with E-state index in [0.29, 0.717) is 16.5 Å². The highest BCUT2D eigenvalue weighted by Crippen LogP contribution is 2.25. The SMILES string of the molecule is Cc1ccc(-c2csc(NC(=O)COC(=O)c3ccoc3C)n2)cc1. The van der Waals surface area contributed by atoms with Crippen molar-refractivity contribution in [2.45, 2.75) is 13.8 Å². The molecule has 1 aromatic carbocycles. The first kappa shape index (κ1) is 16.9. The molecule has 0 aliphatic heterocycles. The van der Waals surface area contributed by atoms with Gasteiger partial charge in [-0.05, 0) is 19.9 Å². The fourth-order valence-corrected chi connectivity index (χ4v) is 2.88. The van der Waals surface area contributed by atoms with Crippen molar-refractivity contribution in [3.8, 4) is 11.3 Å². The van der Waals surface area contributed by atoms with Crippen molar-refractivity contribution >= 4 is 28.3 Å². The summed E-state index contributed by atoms with van der Waals surface area (Å²) in [6, 6.07) is 9.47. The van der Waals surface area contributed by atoms with Crippen LogP contribution in [0.25, 0.3) is 11.3 Å². The summed E-state index contributed by atoms with van der Waals surface area (Å²) in [4.78, 5) is 28.1. The van der Waals surface area contributed by atoms with Crippen LogP contribution in [0.2, 0.25) is 0 Å². The number of rotatable bonds is 5. The van der Waals surface area contributed by atoms with Crippen LogP contribution >= 0.6 is 11.3 Å². The van der Waals surface area contributed by atoms with Gasteiger partial charge in [0.1, 0.15) is 11.3 Å². The lowest BCUT2D eigenvalue weighted by Crippen LogP contribution is -2.20. The zero-order valence-electron chi connectivity index (χ0n) is 13.7. The number of benzene rings is 1. The number of nitrogens with zero attached hydrogens (tertiary/aromatic N) is 1. The Bertz CT molecular complexity index is 896. The minimum absolute atomic E-state index is 0.309. The molecule has 2 heterocycles. The van der Waals surface area contributed by atoms with Gasteiger partial charge in [-0.1, -0.05) is 29.8 Å². The number of nitrogens with one attached hydrogen (secondary N) is 1. The zero-order valence-corrected chi connectivity index (χ0v) is 14.6. The molecule has 1 N–H and O–H groups in total. The maximum absolute atomic E-state index is 11.9. The second kappa shape index (κ2) is 7.31. The fraction of sp³-hybridized carbons (Fsp3) is 0.167. The Morgan fingerprint density at radius 1 is 1.20 bits per heavy atom. The van der Waals surface area contributed by atoms with E-state index in [0.717, 1.165) is 11.3 Å². The molecular formula is C18H16N2O4S. The lowest BCUT2D eigenvalue weighted by Gasteiger charge is -2.04. The summed E-state index contributed by atoms with van der Waals surface area (Å²) < 4.78 is 10.0. The van der Waals surface area contributed by atoms with E-state index in [-0.39, 0.29) is 6.61 Å². The molecule has 0 spiro atoms. The third-order valence-electron chi connectivity index (χ3n) is 3.51. The van der Waals surface area contributed by atoms with Crippen LogP contribution in [0.3, 0.4) is 0 Å². The molecular weight excluding hydrogens is 340 g/mol. The summed E-state index contributed by atoms with van der Waals surface area (Å²) in [5.74, 6) is -0.590. The molecule has 0 unspecified atom stereocenters. The van der Waals surface area contributed by atoms with Gasteiger partial charge in [0, 0.05) is 10.9 Å². The highest BCUT2D eigenvalue weighted by Gasteiger charge is 2.15. The van der Waals surface area contributed by atoms with Gasteiger partial charge in [-0.2, -0.15) is 0 Å². The number of esters is 1. The van der Waals surface area contributed by atoms with Gasteiger partial charge in [0.15, 0.2) is 11.7 Å². The third kappa shape index (κ3) is 4.13. The summed E-state index contributed by atoms with van der Waals surface area (Å²) in [5, 5.41) is 4.94. The number of carbonyl (C=O) groups is 2. The normalized spacial score (nSPS) is 10.5. The summed E-state index contributed by atoms with van der Waals surface area (Å²) in [5.41, 5.74) is 3.24. The van der Waals surface area contributed by atoms with Crippen molar-refractivity contribution in [1.29, 1.82) is 0 Å². The van der Waals surface area contributed by atoms with Crippen molar-refractivity contribution in [3.05, 3.63) is 58.9 Å². The largest absolute Gasteiger partial charge is 0.469 e. The summed E-state index contributed by atoms with van der Waals surface area (Å²) in [6.07, 6.45) is 1.40. The molecule has 0 aliphatic rings. The average molecular weight is 356 g/mol. The number of anilines is 1. The first-order valence-electron chi connectivity index (χ1n) is 7.56. The molecule has 0 saturated carbocycles. The number of amides is 1. The summed E-state index contributed by atoms with van der Waals surface area (Å²) in [6.45, 7) is 3.28. The maximum Gasteiger partial charge on any atom is 0.342 e. The van der Waals surface area contributed by atoms with Crippen molar-refractivity contribution in [1.82, 2.24) is 4.98 Å². The molecule has 128 valence electrons. The Hall–Kier alpha value is -2.93. The van der Waals surface area contributed by atoms with Crippen molar-refractivity contribution in [2.75, 3.05) is 11.9 Å². The average Bonchev–Trinajstić information content (AvgIpc) is 3.22. The molecule has 0 aliphatic carbocycles. The van der Waals surface area contributed by atoms with E-state index in [1.165, 1.54) is 29.2 Å². The van der Waals surface area contributed by atoms with Crippen LogP contribution < -0.4 is 5.32 Å². The van der Waals surface area contributed by atoms with E-state index >= 15 is 0 Å². The van der Waals surface area contributed by atoms with E-state index in [1.54, 1.807) is 6.92 Å². The highest BCUT2D eigenvalue weighted by molar-refractivity contribution is 7.14. The van der Waals surface area contributed by atoms with E-state index in [9.17, 15) is 9.59 Å². The van der Waals surface area contributed by atoms with Gasteiger partial charge in [0.25, 0.3) is 5.91 Å². The number of hydrogen-bond acceptors (Lipinski definition) is 6. The second-order valence-corrected chi connectivity index (χ2v) is 6.28. The summed E-state index contributed by atoms with van der Waals surface area (Å²) >= 11 is 1.31. The quantitative estimate of drug-likeness (QED) is 0.703. The Labute approximate surface area is 148 Å². The number of ether oxygens (including phenoxy) is 1. The highest BCUT2D eigenvalue weighted by atomic mass is 32.1. The smallest absolute Gasteiger partial charge is 0.342 e. The molecule has 25 heavy (non-hydrogen) atoms. The second-order valence-electron chi connectivity index (χ2n) is 5.42. The van der Waals surface area contributed by atoms with Gasteiger partial charge in [-0.3, -0.25) is 10.1 Å². The van der Waals surface area contributed by atoms with Crippen LogP contribution in [0.15, 0.2) is 46.4 Å². The Morgan fingerprint density at radius 2 is 1.96 bits per heavy atom. The van der Waals surface area contributed by atoms with E-state index in [4.69, 9.17) is 9.15 Å². The lowest BCUT2D eigenvalue weighted by atomic mass is 10.1. The molecule has 3 rings (SSSR count). The third-order valence-corrected chi connectivity index (χ3v) is 4.27. The van der Waals surface area contributed by atoms with Crippen LogP contribution in [-0.4, -0.2) is 23.5 Å². The van der Waals surface area contributed by atoms with Crippen molar-refractivity contribution < 1.29 is 18.7 Å². The van der Waals surface area contributed by atoms with Crippen molar-refractivity contribution in [2.24, 2.45) is 0 Å². The van der Waals surface area contributed by atoms with E-state index in [1.807, 2.05) is 36.6 Å². The fourth-order valence-electron chi connectivity index (χ4n) is 2.15. The summed E-state index contributed by atoms with van der Waals surface area (Å²) in [7, 11) is 0. The molecule has 3 aromatic rings. The maximum atomic E-state index is 11.9. The van der Waals surface area contributed by atoms with Gasteiger partial charge in [-0.25, -0.2) is 9.78 Å². The minimum Gasteiger partial charge on any atom is -0.469 e. The van der Waals surface area contributed by atoms with Gasteiger partial charge in [0.05, 0.1) is 12.0 Å². The number of aromatic nitrogens is 1. The minimum atomic E-state index is -0.596. The Morgan fingerprint density at radius 3 is 2.64 bits per heavy atom. The molecule has 6 nitrogen and oxygen atoms in total. The molecule has 7 heteroatoms. The Balaban J connectivity index is 1.56. The monoisotopic (exact) mass is 356 g/mol. The number of aryl methyl sites for hydroxylation is 2. The van der Waals surface area contributed by atoms with Gasteiger partial charge in [0.2, 0.25) is 0 Å². The van der Waals surface area contributed by atoms with E-state index in [2.05, 4.69) is 10.3 Å². The first-order valence-corrected chi connectivity index (χ1v) is 8.44. The number of thiazole rings is 1. The number of hydrogen-bond donors (Lipinski definition) is 1. The molecule has 0 bridgehead atoms. The molecule has 0 saturated heterocycles. The Kier molecular flexibility index (Phi) is 4.95. The van der Waals surface area contributed by atoms with Gasteiger partial charge >= 0.3 is 5.97 Å². The predicted molar refractivity (Wildman–Crippen MR) is 94.6 cm³/mol. The topological polar surface area (TPSA) is 81.4 Å². The van der Waals surface area contributed by atoms with E-state index < -0.39 is 11.9 Å². The van der Waals surface area contributed by atoms with Crippen LogP contribution in [-0.2, 0) is 9.53 Å². The zero-order chi connectivity index (χ0) is 17.8. The molecule has 0 atom stereocenters. The van der Waals surface area contributed by atoms with Crippen LogP contribution in [0.4, 0.5) is 5.13 Å². The molecule has 0 fully saturated rings. The van der Waals surface area contributed by atoms with Gasteiger partial charge in [-0.15, -0.1) is 11.3 Å². The molecule has 0 radical (unpaired) electrons. The van der Waals surface area contributed by atoms with Crippen LogP contribution in [0, 0.1) is 13.8 Å². The van der Waals surface area contributed by atoms with Crippen molar-refractivity contribution in [3.63, 3.8) is 0 Å². The lowest BCUT2D eigenvalue weighted by molar-refractivity contribution is -0.119.